The first-order valence-corrected chi connectivity index (χ1v) is 7.67. The highest BCUT2D eigenvalue weighted by Gasteiger charge is 2.39. The van der Waals surface area contributed by atoms with Crippen LogP contribution in [0.2, 0.25) is 0 Å². The van der Waals surface area contributed by atoms with Gasteiger partial charge in [0.1, 0.15) is 0 Å². The number of carboxylic acid groups (broad SMARTS) is 3. The molecule has 0 unspecified atom stereocenters. The van der Waals surface area contributed by atoms with E-state index in [0.29, 0.717) is 0 Å². The number of aliphatic carboxylic acids is 3. The van der Waals surface area contributed by atoms with Gasteiger partial charge in [-0.2, -0.15) is 39.5 Å². The summed E-state index contributed by atoms with van der Waals surface area (Å²) < 4.78 is 95.2. The van der Waals surface area contributed by atoms with Gasteiger partial charge < -0.3 is 26.4 Å². The van der Waals surface area contributed by atoms with E-state index >= 15 is 0 Å². The SMILES string of the molecule is Nc1ccc2c(c1)CNCC2.O=C(O)C(F)(F)F.O=C(O)C(F)(F)F.O=C(O)C(F)(F)F. The van der Waals surface area contributed by atoms with Crippen molar-refractivity contribution in [3.63, 3.8) is 0 Å². The summed E-state index contributed by atoms with van der Waals surface area (Å²) in [5, 5.41) is 24.7. The minimum Gasteiger partial charge on any atom is -0.475 e. The average molecular weight is 490 g/mol. The molecule has 184 valence electrons. The van der Waals surface area contributed by atoms with Crippen molar-refractivity contribution in [2.24, 2.45) is 0 Å². The van der Waals surface area contributed by atoms with E-state index in [1.807, 2.05) is 6.07 Å². The lowest BCUT2D eigenvalue weighted by Gasteiger charge is -2.16. The first kappa shape index (κ1) is 30.9. The first-order chi connectivity index (χ1) is 14.2. The molecule has 1 aliphatic rings. The highest BCUT2D eigenvalue weighted by molar-refractivity contribution is 5.73. The van der Waals surface area contributed by atoms with Crippen LogP contribution in [0.5, 0.6) is 0 Å². The topological polar surface area (TPSA) is 150 Å². The Morgan fingerprint density at radius 1 is 0.750 bits per heavy atom. The van der Waals surface area contributed by atoms with E-state index in [2.05, 4.69) is 17.4 Å². The van der Waals surface area contributed by atoms with Crippen molar-refractivity contribution in [3.05, 3.63) is 29.3 Å². The number of hydrogen-bond donors (Lipinski definition) is 5. The van der Waals surface area contributed by atoms with Crippen LogP contribution in [0.15, 0.2) is 18.2 Å². The van der Waals surface area contributed by atoms with Gasteiger partial charge in [0, 0.05) is 12.2 Å². The Morgan fingerprint density at radius 3 is 1.41 bits per heavy atom. The minimum absolute atomic E-state index is 0.868. The van der Waals surface area contributed by atoms with E-state index in [1.54, 1.807) is 0 Å². The number of hydrogen-bond acceptors (Lipinski definition) is 5. The van der Waals surface area contributed by atoms with E-state index in [9.17, 15) is 39.5 Å². The third kappa shape index (κ3) is 14.7. The predicted molar refractivity (Wildman–Crippen MR) is 87.3 cm³/mol. The maximum absolute atomic E-state index is 10.6. The molecule has 0 saturated heterocycles. The first-order valence-electron chi connectivity index (χ1n) is 7.67. The summed E-state index contributed by atoms with van der Waals surface area (Å²) in [6, 6.07) is 6.16. The van der Waals surface area contributed by atoms with Crippen LogP contribution in [0, 0.1) is 0 Å². The van der Waals surface area contributed by atoms with E-state index < -0.39 is 36.4 Å². The van der Waals surface area contributed by atoms with Crippen LogP contribution in [0.1, 0.15) is 11.1 Å². The third-order valence-electron chi connectivity index (χ3n) is 2.84. The minimum atomic E-state index is -5.08. The lowest BCUT2D eigenvalue weighted by Crippen LogP contribution is -2.23. The standard InChI is InChI=1S/C9H12N2.3C2HF3O2/c10-9-2-1-7-3-4-11-6-8(7)5-9;3*3-2(4,5)1(6)7/h1-2,5,11H,3-4,6,10H2;3*(H,6,7). The summed E-state index contributed by atoms with van der Waals surface area (Å²) >= 11 is 0. The number of nitrogens with one attached hydrogen (secondary N) is 1. The quantitative estimate of drug-likeness (QED) is 0.275. The van der Waals surface area contributed by atoms with Gasteiger partial charge in [0.2, 0.25) is 0 Å². The molecule has 1 aliphatic heterocycles. The largest absolute Gasteiger partial charge is 0.490 e. The molecule has 32 heavy (non-hydrogen) atoms. The number of benzene rings is 1. The van der Waals surface area contributed by atoms with Gasteiger partial charge in [-0.05, 0) is 36.2 Å². The fraction of sp³-hybridized carbons (Fsp3) is 0.400. The Labute approximate surface area is 172 Å². The van der Waals surface area contributed by atoms with Crippen LogP contribution < -0.4 is 11.1 Å². The maximum Gasteiger partial charge on any atom is 0.490 e. The molecule has 6 N–H and O–H groups in total. The predicted octanol–water partition coefficient (Wildman–Crippen LogP) is 2.81. The summed E-state index contributed by atoms with van der Waals surface area (Å²) in [5.41, 5.74) is 9.32. The number of fused-ring (bicyclic) bond motifs is 1. The molecule has 0 spiro atoms. The third-order valence-corrected chi connectivity index (χ3v) is 2.84. The Morgan fingerprint density at radius 2 is 1.09 bits per heavy atom. The average Bonchev–Trinajstić information content (AvgIpc) is 2.60. The molecule has 0 aromatic heterocycles. The molecule has 1 aromatic rings. The molecule has 1 aromatic carbocycles. The van der Waals surface area contributed by atoms with Gasteiger partial charge >= 0.3 is 36.4 Å². The van der Waals surface area contributed by atoms with Crippen LogP contribution in [-0.4, -0.2) is 58.3 Å². The Bertz CT molecular complexity index is 719. The van der Waals surface area contributed by atoms with Gasteiger partial charge in [0.25, 0.3) is 0 Å². The Kier molecular flexibility index (Phi) is 12.2. The number of halogens is 9. The van der Waals surface area contributed by atoms with Crippen LogP contribution in [0.3, 0.4) is 0 Å². The molecule has 0 radical (unpaired) electrons. The zero-order valence-electron chi connectivity index (χ0n) is 15.4. The van der Waals surface area contributed by atoms with Crippen molar-refractivity contribution in [3.8, 4) is 0 Å². The van der Waals surface area contributed by atoms with Gasteiger partial charge in [-0.3, -0.25) is 0 Å². The number of nitrogens with two attached hydrogens (primary N) is 1. The summed E-state index contributed by atoms with van der Waals surface area (Å²) in [5.74, 6) is -8.27. The normalized spacial score (nSPS) is 12.9. The molecular formula is C15H15F9N2O6. The second kappa shape index (κ2) is 12.6. The zero-order valence-corrected chi connectivity index (χ0v) is 15.4. The number of anilines is 1. The second-order valence-corrected chi connectivity index (χ2v) is 5.36. The van der Waals surface area contributed by atoms with Gasteiger partial charge in [-0.25, -0.2) is 14.4 Å². The van der Waals surface area contributed by atoms with Crippen molar-refractivity contribution in [2.75, 3.05) is 12.3 Å². The van der Waals surface area contributed by atoms with Gasteiger partial charge in [-0.1, -0.05) is 6.07 Å². The smallest absolute Gasteiger partial charge is 0.475 e. The van der Waals surface area contributed by atoms with Crippen LogP contribution in [0.4, 0.5) is 45.2 Å². The molecule has 2 rings (SSSR count). The van der Waals surface area contributed by atoms with E-state index in [0.717, 1.165) is 25.2 Å². The van der Waals surface area contributed by atoms with Crippen molar-refractivity contribution >= 4 is 23.6 Å². The summed E-state index contributed by atoms with van der Waals surface area (Å²) in [6.45, 7) is 2.07. The molecule has 8 nitrogen and oxygen atoms in total. The van der Waals surface area contributed by atoms with Crippen molar-refractivity contribution in [1.82, 2.24) is 5.32 Å². The highest BCUT2D eigenvalue weighted by atomic mass is 19.4. The molecular weight excluding hydrogens is 475 g/mol. The summed E-state index contributed by atoms with van der Waals surface area (Å²) in [7, 11) is 0. The lowest BCUT2D eigenvalue weighted by molar-refractivity contribution is -0.193. The van der Waals surface area contributed by atoms with Crippen LogP contribution in [-0.2, 0) is 27.3 Å². The molecule has 1 heterocycles. The van der Waals surface area contributed by atoms with Gasteiger partial charge in [-0.15, -0.1) is 0 Å². The van der Waals surface area contributed by atoms with Crippen molar-refractivity contribution in [1.29, 1.82) is 0 Å². The Hall–Kier alpha value is -3.24. The molecule has 0 bridgehead atoms. The van der Waals surface area contributed by atoms with Crippen LogP contribution >= 0.6 is 0 Å². The van der Waals surface area contributed by atoms with E-state index in [4.69, 9.17) is 35.4 Å². The van der Waals surface area contributed by atoms with E-state index in [-0.39, 0.29) is 0 Å². The van der Waals surface area contributed by atoms with Crippen molar-refractivity contribution < 1.29 is 69.2 Å². The van der Waals surface area contributed by atoms with Crippen molar-refractivity contribution in [2.45, 2.75) is 31.5 Å². The monoisotopic (exact) mass is 490 g/mol. The molecule has 0 amide bonds. The molecule has 0 fully saturated rings. The summed E-state index contributed by atoms with van der Waals surface area (Å²) in [4.78, 5) is 26.7. The number of rotatable bonds is 0. The molecule has 0 atom stereocenters. The number of carbonyl (C=O) groups is 3. The van der Waals surface area contributed by atoms with Gasteiger partial charge in [0.15, 0.2) is 0 Å². The summed E-state index contributed by atoms with van der Waals surface area (Å²) in [6.07, 6.45) is -14.1. The van der Waals surface area contributed by atoms with E-state index in [1.165, 1.54) is 11.1 Å². The second-order valence-electron chi connectivity index (χ2n) is 5.36. The van der Waals surface area contributed by atoms with Gasteiger partial charge in [0.05, 0.1) is 0 Å². The molecule has 17 heteroatoms. The lowest BCUT2D eigenvalue weighted by atomic mass is 10.0. The zero-order chi connectivity index (χ0) is 25.9. The van der Waals surface area contributed by atoms with Crippen LogP contribution in [0.25, 0.3) is 0 Å². The highest BCUT2D eigenvalue weighted by Crippen LogP contribution is 2.16. The maximum atomic E-state index is 10.6. The number of nitrogen functional groups attached to an aromatic ring is 1. The molecule has 0 saturated carbocycles. The number of carboxylic acids is 3. The molecule has 0 aliphatic carbocycles. The Balaban J connectivity index is 0. The fourth-order valence-corrected chi connectivity index (χ4v) is 1.50. The fourth-order valence-electron chi connectivity index (χ4n) is 1.50. The number of alkyl halides is 9.